The van der Waals surface area contributed by atoms with Crippen LogP contribution in [0.15, 0.2) is 36.5 Å². The zero-order valence-electron chi connectivity index (χ0n) is 12.5. The summed E-state index contributed by atoms with van der Waals surface area (Å²) in [6.45, 7) is 0. The van der Waals surface area contributed by atoms with Crippen LogP contribution in [0, 0.1) is 5.82 Å². The number of rotatable bonds is 3. The van der Waals surface area contributed by atoms with Gasteiger partial charge in [0.25, 0.3) is 0 Å². The Morgan fingerprint density at radius 2 is 2.04 bits per heavy atom. The fourth-order valence-electron chi connectivity index (χ4n) is 2.66. The first-order valence-electron chi connectivity index (χ1n) is 7.40. The number of fused-ring (bicyclic) bond motifs is 1. The number of carbonyl (C=O) groups is 1. The van der Waals surface area contributed by atoms with E-state index in [1.807, 2.05) is 0 Å². The van der Waals surface area contributed by atoms with Crippen molar-refractivity contribution in [1.29, 1.82) is 0 Å². The minimum atomic E-state index is -0.405. The van der Waals surface area contributed by atoms with Gasteiger partial charge in [-0.2, -0.15) is 5.10 Å². The average molecular weight is 311 g/mol. The summed E-state index contributed by atoms with van der Waals surface area (Å²) in [6, 6.07) is 7.79. The lowest BCUT2D eigenvalue weighted by atomic mass is 10.1. The Balaban J connectivity index is 1.94. The Labute approximate surface area is 131 Å². The molecule has 0 N–H and O–H groups in total. The lowest BCUT2D eigenvalue weighted by molar-refractivity contribution is 0.0603. The molecular weight excluding hydrogens is 297 g/mol. The van der Waals surface area contributed by atoms with E-state index in [1.165, 1.54) is 19.2 Å². The van der Waals surface area contributed by atoms with Gasteiger partial charge in [0.1, 0.15) is 5.82 Å². The Morgan fingerprint density at radius 1 is 1.30 bits per heavy atom. The van der Waals surface area contributed by atoms with Gasteiger partial charge < -0.3 is 4.74 Å². The van der Waals surface area contributed by atoms with Crippen molar-refractivity contribution in [1.82, 2.24) is 14.8 Å². The number of pyridine rings is 1. The number of nitrogens with zero attached hydrogens (tertiary/aromatic N) is 3. The topological polar surface area (TPSA) is 57.0 Å². The summed E-state index contributed by atoms with van der Waals surface area (Å²) in [5.74, 6) is -0.329. The van der Waals surface area contributed by atoms with Crippen molar-refractivity contribution in [2.75, 3.05) is 7.11 Å². The predicted octanol–water partition coefficient (Wildman–Crippen LogP) is 3.22. The highest BCUT2D eigenvalue weighted by Crippen LogP contribution is 2.40. The van der Waals surface area contributed by atoms with Crippen molar-refractivity contribution in [3.05, 3.63) is 53.6 Å². The van der Waals surface area contributed by atoms with Gasteiger partial charge in [-0.25, -0.2) is 18.9 Å². The molecular formula is C17H14FN3O2. The summed E-state index contributed by atoms with van der Waals surface area (Å²) in [7, 11) is 1.36. The third-order valence-corrected chi connectivity index (χ3v) is 4.03. The van der Waals surface area contributed by atoms with Gasteiger partial charge >= 0.3 is 5.97 Å². The number of benzene rings is 1. The average Bonchev–Trinajstić information content (AvgIpc) is 3.34. The summed E-state index contributed by atoms with van der Waals surface area (Å²) < 4.78 is 19.6. The Kier molecular flexibility index (Phi) is 3.11. The number of halogens is 1. The molecule has 1 fully saturated rings. The second-order valence-corrected chi connectivity index (χ2v) is 5.63. The molecule has 0 aliphatic heterocycles. The van der Waals surface area contributed by atoms with Crippen LogP contribution in [0.4, 0.5) is 4.39 Å². The van der Waals surface area contributed by atoms with Gasteiger partial charge in [0.05, 0.1) is 29.9 Å². The molecule has 0 spiro atoms. The van der Waals surface area contributed by atoms with Crippen LogP contribution >= 0.6 is 0 Å². The lowest BCUT2D eigenvalue weighted by Gasteiger charge is -2.07. The SMILES string of the molecule is COC(=O)c1cc(C2CC2)nc2c1cnn2-c1ccc(F)cc1. The molecule has 2 aromatic heterocycles. The van der Waals surface area contributed by atoms with Crippen molar-refractivity contribution in [2.45, 2.75) is 18.8 Å². The quantitative estimate of drug-likeness (QED) is 0.697. The van der Waals surface area contributed by atoms with E-state index < -0.39 is 5.97 Å². The summed E-state index contributed by atoms with van der Waals surface area (Å²) in [5.41, 5.74) is 2.62. The highest BCUT2D eigenvalue weighted by molar-refractivity contribution is 6.02. The van der Waals surface area contributed by atoms with E-state index in [0.717, 1.165) is 18.5 Å². The van der Waals surface area contributed by atoms with Crippen LogP contribution in [0.1, 0.15) is 34.8 Å². The molecule has 1 aromatic carbocycles. The monoisotopic (exact) mass is 311 g/mol. The zero-order chi connectivity index (χ0) is 16.0. The Hall–Kier alpha value is -2.76. The molecule has 1 saturated carbocycles. The van der Waals surface area contributed by atoms with Gasteiger partial charge in [0.2, 0.25) is 0 Å². The Bertz CT molecular complexity index is 898. The zero-order valence-corrected chi connectivity index (χ0v) is 12.5. The lowest BCUT2D eigenvalue weighted by Crippen LogP contribution is -2.05. The molecule has 0 saturated heterocycles. The van der Waals surface area contributed by atoms with Crippen LogP contribution in [0.2, 0.25) is 0 Å². The van der Waals surface area contributed by atoms with Crippen LogP contribution in [0.5, 0.6) is 0 Å². The second-order valence-electron chi connectivity index (χ2n) is 5.63. The van der Waals surface area contributed by atoms with Gasteiger partial charge in [-0.3, -0.25) is 0 Å². The minimum Gasteiger partial charge on any atom is -0.465 e. The largest absolute Gasteiger partial charge is 0.465 e. The van der Waals surface area contributed by atoms with E-state index in [0.29, 0.717) is 28.2 Å². The molecule has 1 aliphatic carbocycles. The molecule has 6 heteroatoms. The normalized spacial score (nSPS) is 14.2. The third-order valence-electron chi connectivity index (χ3n) is 4.03. The van der Waals surface area contributed by atoms with Crippen LogP contribution in [-0.4, -0.2) is 27.8 Å². The standard InChI is InChI=1S/C17H14FN3O2/c1-23-17(22)13-8-15(10-2-3-10)20-16-14(13)9-19-21(16)12-6-4-11(18)5-7-12/h4-10H,2-3H2,1H3. The number of hydrogen-bond acceptors (Lipinski definition) is 4. The molecule has 0 amide bonds. The van der Waals surface area contributed by atoms with Gasteiger partial charge in [0, 0.05) is 11.6 Å². The number of carbonyl (C=O) groups excluding carboxylic acids is 1. The summed E-state index contributed by atoms with van der Waals surface area (Å²) in [4.78, 5) is 16.7. The number of ether oxygens (including phenoxy) is 1. The molecule has 3 aromatic rings. The van der Waals surface area contributed by atoms with Crippen molar-refractivity contribution in [3.8, 4) is 5.69 Å². The molecule has 4 rings (SSSR count). The third kappa shape index (κ3) is 2.36. The first-order valence-corrected chi connectivity index (χ1v) is 7.40. The Morgan fingerprint density at radius 3 is 2.70 bits per heavy atom. The fraction of sp³-hybridized carbons (Fsp3) is 0.235. The van der Waals surface area contributed by atoms with Crippen LogP contribution in [-0.2, 0) is 4.74 Å². The van der Waals surface area contributed by atoms with Crippen LogP contribution in [0.25, 0.3) is 16.7 Å². The molecule has 5 nitrogen and oxygen atoms in total. The molecule has 0 atom stereocenters. The van der Waals surface area contributed by atoms with Gasteiger partial charge in [-0.05, 0) is 43.2 Å². The van der Waals surface area contributed by atoms with Crippen LogP contribution in [0.3, 0.4) is 0 Å². The second kappa shape index (κ2) is 5.15. The van der Waals surface area contributed by atoms with E-state index in [4.69, 9.17) is 4.74 Å². The van der Waals surface area contributed by atoms with Crippen molar-refractivity contribution in [3.63, 3.8) is 0 Å². The van der Waals surface area contributed by atoms with Crippen molar-refractivity contribution >= 4 is 17.0 Å². The smallest absolute Gasteiger partial charge is 0.338 e. The minimum absolute atomic E-state index is 0.313. The molecule has 0 radical (unpaired) electrons. The molecule has 116 valence electrons. The number of esters is 1. The summed E-state index contributed by atoms with van der Waals surface area (Å²) >= 11 is 0. The first kappa shape index (κ1) is 13.9. The first-order chi connectivity index (χ1) is 11.2. The van der Waals surface area contributed by atoms with Gasteiger partial charge in [0.15, 0.2) is 5.65 Å². The fourth-order valence-corrected chi connectivity index (χ4v) is 2.66. The summed E-state index contributed by atoms with van der Waals surface area (Å²) in [6.07, 6.45) is 3.74. The van der Waals surface area contributed by atoms with Gasteiger partial charge in [-0.15, -0.1) is 0 Å². The van der Waals surface area contributed by atoms with E-state index in [1.54, 1.807) is 29.1 Å². The maximum atomic E-state index is 13.1. The number of methoxy groups -OCH3 is 1. The van der Waals surface area contributed by atoms with Crippen molar-refractivity contribution in [2.24, 2.45) is 0 Å². The number of hydrogen-bond donors (Lipinski definition) is 0. The summed E-state index contributed by atoms with van der Waals surface area (Å²) in [5, 5.41) is 4.95. The van der Waals surface area contributed by atoms with E-state index >= 15 is 0 Å². The molecule has 2 heterocycles. The van der Waals surface area contributed by atoms with E-state index in [9.17, 15) is 9.18 Å². The van der Waals surface area contributed by atoms with E-state index in [-0.39, 0.29) is 5.82 Å². The van der Waals surface area contributed by atoms with E-state index in [2.05, 4.69) is 10.1 Å². The maximum absolute atomic E-state index is 13.1. The maximum Gasteiger partial charge on any atom is 0.338 e. The van der Waals surface area contributed by atoms with Crippen molar-refractivity contribution < 1.29 is 13.9 Å². The molecule has 0 bridgehead atoms. The highest BCUT2D eigenvalue weighted by Gasteiger charge is 2.28. The van der Waals surface area contributed by atoms with Crippen LogP contribution < -0.4 is 0 Å². The van der Waals surface area contributed by atoms with Gasteiger partial charge in [-0.1, -0.05) is 0 Å². The predicted molar refractivity (Wildman–Crippen MR) is 82.1 cm³/mol. The number of aromatic nitrogens is 3. The highest BCUT2D eigenvalue weighted by atomic mass is 19.1. The molecule has 0 unspecified atom stereocenters. The molecule has 23 heavy (non-hydrogen) atoms. The molecule has 1 aliphatic rings.